The van der Waals surface area contributed by atoms with E-state index < -0.39 is 0 Å². The van der Waals surface area contributed by atoms with Gasteiger partial charge in [0.25, 0.3) is 0 Å². The molecule has 0 aliphatic carbocycles. The van der Waals surface area contributed by atoms with Gasteiger partial charge in [-0.1, -0.05) is 32.4 Å². The number of hydrogen-bond acceptors (Lipinski definition) is 4. The molecule has 0 aliphatic heterocycles. The topological polar surface area (TPSA) is 44.2 Å². The fourth-order valence-electron chi connectivity index (χ4n) is 1.31. The van der Waals surface area contributed by atoms with Gasteiger partial charge in [-0.25, -0.2) is 9.97 Å². The summed E-state index contributed by atoms with van der Waals surface area (Å²) >= 11 is 5.95. The van der Waals surface area contributed by atoms with Gasteiger partial charge in [0.05, 0.1) is 12.2 Å². The van der Waals surface area contributed by atoms with Gasteiger partial charge in [-0.05, 0) is 12.3 Å². The van der Waals surface area contributed by atoms with Crippen LogP contribution in [-0.4, -0.2) is 29.8 Å². The first kappa shape index (κ1) is 14.2. The predicted octanol–water partition coefficient (Wildman–Crippen LogP) is 2.74. The van der Waals surface area contributed by atoms with E-state index in [0.717, 1.165) is 18.6 Å². The summed E-state index contributed by atoms with van der Waals surface area (Å²) < 4.78 is 10.9. The van der Waals surface area contributed by atoms with E-state index in [9.17, 15) is 0 Å². The lowest BCUT2D eigenvalue weighted by molar-refractivity contribution is 0.0803. The minimum absolute atomic E-state index is 0.459. The molecule has 0 saturated heterocycles. The highest BCUT2D eigenvalue weighted by molar-refractivity contribution is 6.30. The SMILES string of the molecule is CCc1c(Cl)ncnc1OCCOCC(C)C. The minimum Gasteiger partial charge on any atom is -0.475 e. The Morgan fingerprint density at radius 2 is 2.06 bits per heavy atom. The van der Waals surface area contributed by atoms with E-state index in [4.69, 9.17) is 21.1 Å². The lowest BCUT2D eigenvalue weighted by atomic mass is 10.2. The number of hydrogen-bond donors (Lipinski definition) is 0. The third-order valence-electron chi connectivity index (χ3n) is 2.12. The highest BCUT2D eigenvalue weighted by atomic mass is 35.5. The highest BCUT2D eigenvalue weighted by Crippen LogP contribution is 2.21. The van der Waals surface area contributed by atoms with E-state index in [-0.39, 0.29) is 0 Å². The lowest BCUT2D eigenvalue weighted by Gasteiger charge is -2.10. The summed E-state index contributed by atoms with van der Waals surface area (Å²) in [7, 11) is 0. The molecule has 1 heterocycles. The van der Waals surface area contributed by atoms with E-state index in [1.165, 1.54) is 6.33 Å². The zero-order valence-corrected chi connectivity index (χ0v) is 11.3. The summed E-state index contributed by atoms with van der Waals surface area (Å²) in [6.45, 7) is 8.00. The van der Waals surface area contributed by atoms with Crippen LogP contribution in [0.4, 0.5) is 0 Å². The van der Waals surface area contributed by atoms with Crippen molar-refractivity contribution in [3.8, 4) is 5.88 Å². The van der Waals surface area contributed by atoms with E-state index in [1.807, 2.05) is 6.92 Å². The largest absolute Gasteiger partial charge is 0.475 e. The smallest absolute Gasteiger partial charge is 0.221 e. The van der Waals surface area contributed by atoms with Crippen molar-refractivity contribution in [1.29, 1.82) is 0 Å². The van der Waals surface area contributed by atoms with Crippen molar-refractivity contribution in [3.05, 3.63) is 17.0 Å². The standard InChI is InChI=1S/C12H19ClN2O2/c1-4-10-11(13)14-8-15-12(10)17-6-5-16-7-9(2)3/h8-9H,4-7H2,1-3H3. The first-order valence-electron chi connectivity index (χ1n) is 5.85. The molecule has 96 valence electrons. The molecule has 17 heavy (non-hydrogen) atoms. The molecule has 1 aromatic rings. The van der Waals surface area contributed by atoms with Gasteiger partial charge in [0.2, 0.25) is 5.88 Å². The summed E-state index contributed by atoms with van der Waals surface area (Å²) in [6, 6.07) is 0. The van der Waals surface area contributed by atoms with Crippen LogP contribution < -0.4 is 4.74 Å². The zero-order chi connectivity index (χ0) is 12.7. The molecule has 0 saturated carbocycles. The molecular formula is C12H19ClN2O2. The number of halogens is 1. The second kappa shape index (κ2) is 7.45. The van der Waals surface area contributed by atoms with Gasteiger partial charge in [-0.3, -0.25) is 0 Å². The normalized spacial score (nSPS) is 10.9. The van der Waals surface area contributed by atoms with Crippen LogP contribution in [0, 0.1) is 5.92 Å². The van der Waals surface area contributed by atoms with Gasteiger partial charge >= 0.3 is 0 Å². The molecule has 0 fully saturated rings. The van der Waals surface area contributed by atoms with E-state index >= 15 is 0 Å². The molecule has 0 aromatic carbocycles. The summed E-state index contributed by atoms with van der Waals surface area (Å²) in [5, 5.41) is 0.459. The van der Waals surface area contributed by atoms with E-state index in [1.54, 1.807) is 0 Å². The van der Waals surface area contributed by atoms with Crippen LogP contribution >= 0.6 is 11.6 Å². The Kier molecular flexibility index (Phi) is 6.22. The molecular weight excluding hydrogens is 240 g/mol. The molecule has 0 unspecified atom stereocenters. The van der Waals surface area contributed by atoms with Crippen LogP contribution in [0.1, 0.15) is 26.3 Å². The summed E-state index contributed by atoms with van der Waals surface area (Å²) in [5.74, 6) is 1.09. The maximum absolute atomic E-state index is 5.95. The predicted molar refractivity (Wildman–Crippen MR) is 67.6 cm³/mol. The summed E-state index contributed by atoms with van der Waals surface area (Å²) in [5.41, 5.74) is 0.845. The molecule has 1 aromatic heterocycles. The first-order valence-corrected chi connectivity index (χ1v) is 6.22. The van der Waals surface area contributed by atoms with Crippen LogP contribution in [0.25, 0.3) is 0 Å². The van der Waals surface area contributed by atoms with Crippen LogP contribution in [0.3, 0.4) is 0 Å². The van der Waals surface area contributed by atoms with Gasteiger partial charge in [-0.15, -0.1) is 0 Å². The van der Waals surface area contributed by atoms with Crippen LogP contribution in [-0.2, 0) is 11.2 Å². The Balaban J connectivity index is 2.39. The molecule has 5 heteroatoms. The summed E-state index contributed by atoms with van der Waals surface area (Å²) in [4.78, 5) is 7.99. The molecule has 0 amide bonds. The maximum Gasteiger partial charge on any atom is 0.221 e. The Labute approximate surface area is 107 Å². The van der Waals surface area contributed by atoms with Crippen molar-refractivity contribution in [2.45, 2.75) is 27.2 Å². The van der Waals surface area contributed by atoms with Crippen molar-refractivity contribution < 1.29 is 9.47 Å². The lowest BCUT2D eigenvalue weighted by Crippen LogP contribution is -2.11. The zero-order valence-electron chi connectivity index (χ0n) is 10.6. The molecule has 0 aliphatic rings. The quantitative estimate of drug-likeness (QED) is 0.557. The Bertz CT molecular complexity index is 345. The second-order valence-electron chi connectivity index (χ2n) is 4.12. The fraction of sp³-hybridized carbons (Fsp3) is 0.667. The molecule has 1 rings (SSSR count). The third-order valence-corrected chi connectivity index (χ3v) is 2.45. The van der Waals surface area contributed by atoms with E-state index in [2.05, 4.69) is 23.8 Å². The average molecular weight is 259 g/mol. The van der Waals surface area contributed by atoms with E-state index in [0.29, 0.717) is 30.2 Å². The summed E-state index contributed by atoms with van der Waals surface area (Å²) in [6.07, 6.45) is 2.16. The van der Waals surface area contributed by atoms with Crippen molar-refractivity contribution >= 4 is 11.6 Å². The van der Waals surface area contributed by atoms with Gasteiger partial charge in [0, 0.05) is 6.61 Å². The van der Waals surface area contributed by atoms with Gasteiger partial charge in [0.15, 0.2) is 0 Å². The third kappa shape index (κ3) is 4.88. The van der Waals surface area contributed by atoms with Crippen molar-refractivity contribution in [2.75, 3.05) is 19.8 Å². The average Bonchev–Trinajstić information content (AvgIpc) is 2.28. The van der Waals surface area contributed by atoms with Gasteiger partial charge in [0.1, 0.15) is 18.1 Å². The molecule has 0 atom stereocenters. The number of nitrogens with zero attached hydrogens (tertiary/aromatic N) is 2. The fourth-order valence-corrected chi connectivity index (χ4v) is 1.57. The molecule has 0 spiro atoms. The van der Waals surface area contributed by atoms with Crippen LogP contribution in [0.15, 0.2) is 6.33 Å². The minimum atomic E-state index is 0.459. The maximum atomic E-state index is 5.95. The van der Waals surface area contributed by atoms with Gasteiger partial charge in [-0.2, -0.15) is 0 Å². The van der Waals surface area contributed by atoms with Crippen molar-refractivity contribution in [2.24, 2.45) is 5.92 Å². The van der Waals surface area contributed by atoms with Gasteiger partial charge < -0.3 is 9.47 Å². The highest BCUT2D eigenvalue weighted by Gasteiger charge is 2.08. The number of aromatic nitrogens is 2. The van der Waals surface area contributed by atoms with Crippen molar-refractivity contribution in [1.82, 2.24) is 9.97 Å². The van der Waals surface area contributed by atoms with Crippen molar-refractivity contribution in [3.63, 3.8) is 0 Å². The first-order chi connectivity index (χ1) is 8.15. The molecule has 4 nitrogen and oxygen atoms in total. The number of ether oxygens (including phenoxy) is 2. The number of rotatable bonds is 7. The Hall–Kier alpha value is -0.870. The van der Waals surface area contributed by atoms with Crippen LogP contribution in [0.5, 0.6) is 5.88 Å². The second-order valence-corrected chi connectivity index (χ2v) is 4.48. The Morgan fingerprint density at radius 3 is 2.71 bits per heavy atom. The molecule has 0 radical (unpaired) electrons. The monoisotopic (exact) mass is 258 g/mol. The Morgan fingerprint density at radius 1 is 1.29 bits per heavy atom. The molecule has 0 bridgehead atoms. The van der Waals surface area contributed by atoms with Crippen LogP contribution in [0.2, 0.25) is 5.15 Å². The molecule has 0 N–H and O–H groups in total.